The zero-order chi connectivity index (χ0) is 15.4. The summed E-state index contributed by atoms with van der Waals surface area (Å²) in [5, 5.41) is 0. The Kier molecular flexibility index (Phi) is 5.57. The largest absolute Gasteiger partial charge is 0.408 e. The molecular formula is C13H17F2O4P. The van der Waals surface area contributed by atoms with Gasteiger partial charge in [0.05, 0.1) is 13.2 Å². The third-order valence-corrected chi connectivity index (χ3v) is 4.69. The van der Waals surface area contributed by atoms with Crippen LogP contribution in [0.2, 0.25) is 0 Å². The Labute approximate surface area is 116 Å². The summed E-state index contributed by atoms with van der Waals surface area (Å²) in [6.45, 7) is 3.84. The van der Waals surface area contributed by atoms with E-state index >= 15 is 0 Å². The number of rotatable bonds is 7. The van der Waals surface area contributed by atoms with E-state index in [4.69, 9.17) is 0 Å². The summed E-state index contributed by atoms with van der Waals surface area (Å²) in [6, 6.07) is 5.86. The highest BCUT2D eigenvalue weighted by atomic mass is 31.2. The first-order chi connectivity index (χ1) is 9.30. The van der Waals surface area contributed by atoms with Gasteiger partial charge in [-0.05, 0) is 26.3 Å². The van der Waals surface area contributed by atoms with Crippen molar-refractivity contribution < 1.29 is 27.2 Å². The number of aryl methyl sites for hydroxylation is 1. The predicted molar refractivity (Wildman–Crippen MR) is 71.3 cm³/mol. The van der Waals surface area contributed by atoms with Crippen LogP contribution in [-0.4, -0.2) is 24.7 Å². The molecule has 0 saturated carbocycles. The van der Waals surface area contributed by atoms with Crippen molar-refractivity contribution in [3.63, 3.8) is 0 Å². The molecule has 1 rings (SSSR count). The SMILES string of the molecule is CCOP(=O)(OCC)C(F)(F)C(=O)c1ccccc1C. The molecule has 112 valence electrons. The number of ketones is 1. The zero-order valence-electron chi connectivity index (χ0n) is 11.6. The Bertz CT molecular complexity index is 521. The fourth-order valence-corrected chi connectivity index (χ4v) is 3.10. The summed E-state index contributed by atoms with van der Waals surface area (Å²) in [6.07, 6.45) is 0. The summed E-state index contributed by atoms with van der Waals surface area (Å²) in [4.78, 5) is 12.0. The van der Waals surface area contributed by atoms with Crippen molar-refractivity contribution in [2.75, 3.05) is 13.2 Å². The summed E-state index contributed by atoms with van der Waals surface area (Å²) >= 11 is 0. The molecule has 1 aromatic carbocycles. The van der Waals surface area contributed by atoms with Gasteiger partial charge in [-0.2, -0.15) is 8.78 Å². The number of carbonyl (C=O) groups excluding carboxylic acids is 1. The number of halogens is 2. The number of benzene rings is 1. The highest BCUT2D eigenvalue weighted by Gasteiger charge is 2.59. The van der Waals surface area contributed by atoms with Crippen molar-refractivity contribution in [3.05, 3.63) is 35.4 Å². The topological polar surface area (TPSA) is 52.6 Å². The van der Waals surface area contributed by atoms with E-state index in [1.165, 1.54) is 39.0 Å². The average Bonchev–Trinajstić information content (AvgIpc) is 2.39. The minimum Gasteiger partial charge on any atom is -0.304 e. The van der Waals surface area contributed by atoms with Gasteiger partial charge in [0, 0.05) is 5.56 Å². The predicted octanol–water partition coefficient (Wildman–Crippen LogP) is 4.04. The standard InChI is InChI=1S/C13H17F2O4P/c1-4-18-20(17,19-5-2)13(14,15)12(16)11-9-7-6-8-10(11)3/h6-9H,4-5H2,1-3H3. The number of Topliss-reactive ketones (excluding diaryl/α,β-unsaturated/α-hetero) is 1. The van der Waals surface area contributed by atoms with Gasteiger partial charge in [-0.3, -0.25) is 9.36 Å². The van der Waals surface area contributed by atoms with Crippen LogP contribution >= 0.6 is 7.60 Å². The van der Waals surface area contributed by atoms with E-state index in [-0.39, 0.29) is 18.8 Å². The molecule has 20 heavy (non-hydrogen) atoms. The molecule has 4 nitrogen and oxygen atoms in total. The van der Waals surface area contributed by atoms with E-state index in [1.54, 1.807) is 6.07 Å². The van der Waals surface area contributed by atoms with Gasteiger partial charge in [0.15, 0.2) is 0 Å². The molecule has 0 aliphatic heterocycles. The molecule has 0 amide bonds. The second-order valence-electron chi connectivity index (χ2n) is 4.02. The lowest BCUT2D eigenvalue weighted by atomic mass is 10.1. The maximum absolute atomic E-state index is 14.2. The highest BCUT2D eigenvalue weighted by molar-refractivity contribution is 7.56. The van der Waals surface area contributed by atoms with Crippen LogP contribution < -0.4 is 0 Å². The second-order valence-corrected chi connectivity index (χ2v) is 6.09. The van der Waals surface area contributed by atoms with Crippen molar-refractivity contribution in [2.24, 2.45) is 0 Å². The van der Waals surface area contributed by atoms with Crippen molar-refractivity contribution >= 4 is 13.4 Å². The second kappa shape index (κ2) is 6.57. The number of hydrogen-bond donors (Lipinski definition) is 0. The molecule has 1 aromatic rings. The van der Waals surface area contributed by atoms with E-state index in [0.29, 0.717) is 5.56 Å². The van der Waals surface area contributed by atoms with Gasteiger partial charge in [0.2, 0.25) is 5.78 Å². The molecular weight excluding hydrogens is 289 g/mol. The van der Waals surface area contributed by atoms with E-state index in [9.17, 15) is 18.1 Å². The Morgan fingerprint density at radius 3 is 2.15 bits per heavy atom. The summed E-state index contributed by atoms with van der Waals surface area (Å²) in [5.74, 6) is -1.55. The van der Waals surface area contributed by atoms with Gasteiger partial charge in [-0.15, -0.1) is 0 Å². The maximum Gasteiger partial charge on any atom is 0.408 e. The molecule has 0 atom stereocenters. The van der Waals surface area contributed by atoms with Crippen molar-refractivity contribution in [1.82, 2.24) is 0 Å². The van der Waals surface area contributed by atoms with Crippen LogP contribution in [0.15, 0.2) is 24.3 Å². The van der Waals surface area contributed by atoms with Crippen molar-refractivity contribution in [2.45, 2.75) is 26.4 Å². The smallest absolute Gasteiger partial charge is 0.304 e. The molecule has 0 aliphatic carbocycles. The zero-order valence-corrected chi connectivity index (χ0v) is 12.5. The van der Waals surface area contributed by atoms with Gasteiger partial charge < -0.3 is 9.05 Å². The fraction of sp³-hybridized carbons (Fsp3) is 0.462. The molecule has 0 heterocycles. The maximum atomic E-state index is 14.2. The van der Waals surface area contributed by atoms with E-state index < -0.39 is 19.0 Å². The Balaban J connectivity index is 3.23. The molecule has 0 unspecified atom stereocenters. The van der Waals surface area contributed by atoms with E-state index in [2.05, 4.69) is 9.05 Å². The molecule has 7 heteroatoms. The van der Waals surface area contributed by atoms with E-state index in [0.717, 1.165) is 0 Å². The van der Waals surface area contributed by atoms with Gasteiger partial charge >= 0.3 is 13.3 Å². The summed E-state index contributed by atoms with van der Waals surface area (Å²) in [7, 11) is -4.85. The van der Waals surface area contributed by atoms with Gasteiger partial charge in [0.1, 0.15) is 0 Å². The molecule has 0 aliphatic rings. The molecule has 0 spiro atoms. The number of alkyl halides is 2. The molecule has 0 N–H and O–H groups in total. The first-order valence-corrected chi connectivity index (χ1v) is 7.71. The van der Waals surface area contributed by atoms with Crippen LogP contribution in [0.1, 0.15) is 29.8 Å². The average molecular weight is 306 g/mol. The van der Waals surface area contributed by atoms with Crippen LogP contribution in [-0.2, 0) is 13.6 Å². The minimum absolute atomic E-state index is 0.197. The van der Waals surface area contributed by atoms with Crippen LogP contribution in [0.4, 0.5) is 8.78 Å². The Morgan fingerprint density at radius 2 is 1.70 bits per heavy atom. The molecule has 0 aromatic heterocycles. The number of carbonyl (C=O) groups is 1. The lowest BCUT2D eigenvalue weighted by Crippen LogP contribution is -2.31. The Morgan fingerprint density at radius 1 is 1.20 bits per heavy atom. The first-order valence-electron chi connectivity index (χ1n) is 6.17. The van der Waals surface area contributed by atoms with Gasteiger partial charge in [-0.1, -0.05) is 24.3 Å². The fourth-order valence-electron chi connectivity index (χ4n) is 1.65. The van der Waals surface area contributed by atoms with Crippen molar-refractivity contribution in [1.29, 1.82) is 0 Å². The molecule has 0 fully saturated rings. The number of hydrogen-bond acceptors (Lipinski definition) is 4. The lowest BCUT2D eigenvalue weighted by molar-refractivity contribution is 0.0322. The Hall–Kier alpha value is -1.10. The first kappa shape index (κ1) is 17.0. The highest BCUT2D eigenvalue weighted by Crippen LogP contribution is 2.62. The lowest BCUT2D eigenvalue weighted by Gasteiger charge is -2.24. The van der Waals surface area contributed by atoms with Crippen LogP contribution in [0.5, 0.6) is 0 Å². The van der Waals surface area contributed by atoms with Crippen molar-refractivity contribution in [3.8, 4) is 0 Å². The molecule has 0 radical (unpaired) electrons. The third kappa shape index (κ3) is 3.14. The monoisotopic (exact) mass is 306 g/mol. The quantitative estimate of drug-likeness (QED) is 0.563. The third-order valence-electron chi connectivity index (χ3n) is 2.60. The normalized spacial score (nSPS) is 12.4. The van der Waals surface area contributed by atoms with E-state index in [1.807, 2.05) is 0 Å². The minimum atomic E-state index is -4.85. The van der Waals surface area contributed by atoms with Crippen LogP contribution in [0.3, 0.4) is 0 Å². The van der Waals surface area contributed by atoms with Crippen LogP contribution in [0.25, 0.3) is 0 Å². The van der Waals surface area contributed by atoms with Gasteiger partial charge in [0.25, 0.3) is 0 Å². The van der Waals surface area contributed by atoms with Gasteiger partial charge in [-0.25, -0.2) is 0 Å². The molecule has 0 saturated heterocycles. The van der Waals surface area contributed by atoms with Crippen LogP contribution in [0, 0.1) is 6.92 Å². The summed E-state index contributed by atoms with van der Waals surface area (Å²) < 4.78 is 49.8. The molecule has 0 bridgehead atoms. The summed E-state index contributed by atoms with van der Waals surface area (Å²) in [5.41, 5.74) is -4.04.